The second kappa shape index (κ2) is 7.38. The molecule has 0 aromatic carbocycles. The molecule has 1 rings (SSSR count). The van der Waals surface area contributed by atoms with Gasteiger partial charge in [0, 0.05) is 13.0 Å². The number of aliphatic hydroxyl groups is 1. The molecular formula is C16H28N2O6. The van der Waals surface area contributed by atoms with Crippen LogP contribution in [0.5, 0.6) is 0 Å². The maximum Gasteiger partial charge on any atom is 0.410 e. The fraction of sp³-hybridized carbons (Fsp3) is 0.812. The van der Waals surface area contributed by atoms with Gasteiger partial charge >= 0.3 is 12.1 Å². The number of hydrogen-bond acceptors (Lipinski definition) is 6. The van der Waals surface area contributed by atoms with Crippen LogP contribution in [0.3, 0.4) is 0 Å². The lowest BCUT2D eigenvalue weighted by molar-refractivity contribution is -0.150. The molecule has 2 atom stereocenters. The van der Waals surface area contributed by atoms with Crippen LogP contribution >= 0.6 is 0 Å². The summed E-state index contributed by atoms with van der Waals surface area (Å²) < 4.78 is 9.90. The highest BCUT2D eigenvalue weighted by molar-refractivity contribution is 5.90. The van der Waals surface area contributed by atoms with Gasteiger partial charge < -0.3 is 24.8 Å². The van der Waals surface area contributed by atoms with E-state index in [0.29, 0.717) is 0 Å². The summed E-state index contributed by atoms with van der Waals surface area (Å²) in [6, 6.07) is -0.859. The third-order valence-corrected chi connectivity index (χ3v) is 3.73. The Morgan fingerprint density at radius 3 is 2.29 bits per heavy atom. The number of esters is 1. The van der Waals surface area contributed by atoms with Crippen molar-refractivity contribution in [3.05, 3.63) is 0 Å². The number of rotatable bonds is 4. The summed E-state index contributed by atoms with van der Waals surface area (Å²) >= 11 is 0. The molecule has 2 N–H and O–H groups in total. The van der Waals surface area contributed by atoms with Gasteiger partial charge in [-0.05, 0) is 26.7 Å². The van der Waals surface area contributed by atoms with Crippen LogP contribution in [0.1, 0.15) is 41.0 Å². The van der Waals surface area contributed by atoms with Crippen molar-refractivity contribution in [1.29, 1.82) is 0 Å². The second-order valence-electron chi connectivity index (χ2n) is 7.40. The average Bonchev–Trinajstić information content (AvgIpc) is 2.85. The van der Waals surface area contributed by atoms with Crippen molar-refractivity contribution in [3.63, 3.8) is 0 Å². The van der Waals surface area contributed by atoms with E-state index in [4.69, 9.17) is 4.74 Å². The van der Waals surface area contributed by atoms with Crippen molar-refractivity contribution in [2.24, 2.45) is 5.92 Å². The predicted molar refractivity (Wildman–Crippen MR) is 86.2 cm³/mol. The van der Waals surface area contributed by atoms with Crippen molar-refractivity contribution in [2.75, 3.05) is 20.2 Å². The standard InChI is InChI=1S/C16H28N2O6/c1-10(2)11(12(19)23-6)17-13(20)16(22)7-8-18(9-16)14(21)24-15(3,4)5/h10-11,22H,7-9H2,1-6H3,(H,17,20)/t11-,16?/m0/s1. The molecular weight excluding hydrogens is 316 g/mol. The van der Waals surface area contributed by atoms with Crippen LogP contribution in [0.25, 0.3) is 0 Å². The lowest BCUT2D eigenvalue weighted by atomic mass is 9.99. The van der Waals surface area contributed by atoms with Crippen molar-refractivity contribution >= 4 is 18.0 Å². The number of nitrogens with zero attached hydrogens (tertiary/aromatic N) is 1. The molecule has 0 spiro atoms. The average molecular weight is 344 g/mol. The number of β-amino-alcohol motifs (C(OH)–C–C–N with tert-alkyl or cyclic N) is 1. The van der Waals surface area contributed by atoms with E-state index in [0.717, 1.165) is 0 Å². The molecule has 0 saturated carbocycles. The molecule has 138 valence electrons. The molecule has 24 heavy (non-hydrogen) atoms. The van der Waals surface area contributed by atoms with Crippen LogP contribution in [-0.2, 0) is 19.1 Å². The van der Waals surface area contributed by atoms with E-state index in [1.165, 1.54) is 12.0 Å². The van der Waals surface area contributed by atoms with Gasteiger partial charge in [-0.25, -0.2) is 9.59 Å². The molecule has 1 fully saturated rings. The molecule has 1 heterocycles. The van der Waals surface area contributed by atoms with Crippen molar-refractivity contribution in [3.8, 4) is 0 Å². The van der Waals surface area contributed by atoms with Crippen LogP contribution in [0.4, 0.5) is 4.79 Å². The lowest BCUT2D eigenvalue weighted by Gasteiger charge is -2.27. The van der Waals surface area contributed by atoms with E-state index in [1.807, 2.05) is 0 Å². The highest BCUT2D eigenvalue weighted by Gasteiger charge is 2.46. The first-order valence-corrected chi connectivity index (χ1v) is 7.99. The number of likely N-dealkylation sites (tertiary alicyclic amines) is 1. The number of ether oxygens (including phenoxy) is 2. The molecule has 0 aliphatic carbocycles. The SMILES string of the molecule is COC(=O)[C@@H](NC(=O)C1(O)CCN(C(=O)OC(C)(C)C)C1)C(C)C. The third-order valence-electron chi connectivity index (χ3n) is 3.73. The third kappa shape index (κ3) is 5.09. The molecule has 0 radical (unpaired) electrons. The van der Waals surface area contributed by atoms with E-state index in [9.17, 15) is 19.5 Å². The minimum absolute atomic E-state index is 0.0735. The number of carbonyl (C=O) groups excluding carboxylic acids is 3. The quantitative estimate of drug-likeness (QED) is 0.726. The Bertz CT molecular complexity index is 499. The number of hydrogen-bond donors (Lipinski definition) is 2. The van der Waals surface area contributed by atoms with Crippen LogP contribution in [0.15, 0.2) is 0 Å². The van der Waals surface area contributed by atoms with Crippen LogP contribution in [0.2, 0.25) is 0 Å². The molecule has 0 bridgehead atoms. The fourth-order valence-electron chi connectivity index (χ4n) is 2.36. The Morgan fingerprint density at radius 2 is 1.83 bits per heavy atom. The van der Waals surface area contributed by atoms with Gasteiger partial charge in [0.25, 0.3) is 5.91 Å². The highest BCUT2D eigenvalue weighted by Crippen LogP contribution is 2.24. The van der Waals surface area contributed by atoms with Gasteiger partial charge in [-0.3, -0.25) is 4.79 Å². The number of methoxy groups -OCH3 is 1. The zero-order valence-electron chi connectivity index (χ0n) is 15.2. The number of amides is 2. The molecule has 0 aromatic rings. The summed E-state index contributed by atoms with van der Waals surface area (Å²) in [7, 11) is 1.23. The van der Waals surface area contributed by atoms with Crippen molar-refractivity contribution in [1.82, 2.24) is 10.2 Å². The molecule has 1 aliphatic heterocycles. The molecule has 0 aromatic heterocycles. The Hall–Kier alpha value is -1.83. The monoisotopic (exact) mass is 344 g/mol. The van der Waals surface area contributed by atoms with Gasteiger partial charge in [-0.15, -0.1) is 0 Å². The smallest absolute Gasteiger partial charge is 0.410 e. The summed E-state index contributed by atoms with van der Waals surface area (Å²) in [6.07, 6.45) is -0.510. The summed E-state index contributed by atoms with van der Waals surface area (Å²) in [5.41, 5.74) is -2.41. The minimum Gasteiger partial charge on any atom is -0.467 e. The van der Waals surface area contributed by atoms with Gasteiger partial charge in [0.2, 0.25) is 0 Å². The summed E-state index contributed by atoms with van der Waals surface area (Å²) in [6.45, 7) is 8.75. The molecule has 2 amide bonds. The fourth-order valence-corrected chi connectivity index (χ4v) is 2.36. The van der Waals surface area contributed by atoms with Crippen LogP contribution in [0, 0.1) is 5.92 Å². The van der Waals surface area contributed by atoms with Gasteiger partial charge in [-0.1, -0.05) is 13.8 Å². The molecule has 1 unspecified atom stereocenters. The van der Waals surface area contributed by atoms with Crippen molar-refractivity contribution in [2.45, 2.75) is 58.3 Å². The van der Waals surface area contributed by atoms with Gasteiger partial charge in [0.15, 0.2) is 5.60 Å². The van der Waals surface area contributed by atoms with Crippen LogP contribution < -0.4 is 5.32 Å². The number of nitrogens with one attached hydrogen (secondary N) is 1. The first-order chi connectivity index (χ1) is 10.9. The first-order valence-electron chi connectivity index (χ1n) is 7.99. The normalized spacial score (nSPS) is 22.2. The Kier molecular flexibility index (Phi) is 6.21. The maximum atomic E-state index is 12.4. The zero-order valence-corrected chi connectivity index (χ0v) is 15.2. The topological polar surface area (TPSA) is 105 Å². The minimum atomic E-state index is -1.75. The maximum absolute atomic E-state index is 12.4. The predicted octanol–water partition coefficient (Wildman–Crippen LogP) is 0.672. The van der Waals surface area contributed by atoms with E-state index < -0.39 is 35.2 Å². The Balaban J connectivity index is 2.74. The van der Waals surface area contributed by atoms with E-state index in [-0.39, 0.29) is 25.4 Å². The summed E-state index contributed by atoms with van der Waals surface area (Å²) in [5.74, 6) is -1.48. The molecule has 1 aliphatic rings. The molecule has 8 nitrogen and oxygen atoms in total. The van der Waals surface area contributed by atoms with E-state index in [1.54, 1.807) is 34.6 Å². The molecule has 1 saturated heterocycles. The van der Waals surface area contributed by atoms with E-state index in [2.05, 4.69) is 10.1 Å². The Labute approximate surface area is 142 Å². The summed E-state index contributed by atoms with van der Waals surface area (Å²) in [4.78, 5) is 37.5. The number of carbonyl (C=O) groups is 3. The van der Waals surface area contributed by atoms with E-state index >= 15 is 0 Å². The van der Waals surface area contributed by atoms with Crippen molar-refractivity contribution < 1.29 is 29.0 Å². The second-order valence-corrected chi connectivity index (χ2v) is 7.40. The lowest BCUT2D eigenvalue weighted by Crippen LogP contribution is -2.55. The van der Waals surface area contributed by atoms with Gasteiger partial charge in [0.05, 0.1) is 13.7 Å². The van der Waals surface area contributed by atoms with Gasteiger partial charge in [-0.2, -0.15) is 0 Å². The summed E-state index contributed by atoms with van der Waals surface area (Å²) in [5, 5.41) is 13.1. The highest BCUT2D eigenvalue weighted by atomic mass is 16.6. The zero-order chi connectivity index (χ0) is 18.7. The molecule has 8 heteroatoms. The largest absolute Gasteiger partial charge is 0.467 e. The first kappa shape index (κ1) is 20.2. The van der Waals surface area contributed by atoms with Crippen LogP contribution in [-0.4, -0.2) is 65.4 Å². The van der Waals surface area contributed by atoms with Gasteiger partial charge in [0.1, 0.15) is 11.6 Å². The Morgan fingerprint density at radius 1 is 1.25 bits per heavy atom.